The number of fused-ring (bicyclic) bond motifs is 4. The summed E-state index contributed by atoms with van der Waals surface area (Å²) in [6, 6.07) is 12.5. The SMILES string of the molecule is CN=C1NC#CCC2CCCC2(Cc2ccc(O)c(OC)c2)C(=O)C=CCC2(CCCC2)c2cc(c(O)c(OC3(CNC)CCC(CC(O)OC4CCCCC4)C3)c2)N1. The number of ketones is 1. The lowest BCUT2D eigenvalue weighted by Gasteiger charge is -2.34. The molecule has 1 aliphatic heterocycles. The van der Waals surface area contributed by atoms with Crippen molar-refractivity contribution in [2.45, 2.75) is 145 Å². The Morgan fingerprint density at radius 1 is 0.983 bits per heavy atom. The number of nitrogens with one attached hydrogen (secondary N) is 3. The molecule has 4 fully saturated rings. The van der Waals surface area contributed by atoms with Gasteiger partial charge in [-0.15, -0.1) is 0 Å². The number of rotatable bonds is 11. The van der Waals surface area contributed by atoms with Crippen molar-refractivity contribution in [1.29, 1.82) is 0 Å². The van der Waals surface area contributed by atoms with Crippen LogP contribution in [-0.2, 0) is 21.4 Å². The highest BCUT2D eigenvalue weighted by Gasteiger charge is 2.48. The summed E-state index contributed by atoms with van der Waals surface area (Å²) < 4.78 is 18.6. The Hall–Kier alpha value is -4.24. The fraction of sp³-hybridized carbons (Fsp3) is 0.625. The zero-order valence-electron chi connectivity index (χ0n) is 35.4. The molecule has 0 radical (unpaired) electrons. The maximum atomic E-state index is 14.7. The molecule has 2 aromatic carbocycles. The van der Waals surface area contributed by atoms with E-state index >= 15 is 0 Å². The smallest absolute Gasteiger partial charge is 0.207 e. The second kappa shape index (κ2) is 19.0. The third kappa shape index (κ3) is 9.71. The summed E-state index contributed by atoms with van der Waals surface area (Å²) in [7, 11) is 5.14. The monoisotopic (exact) mass is 810 g/mol. The molecule has 7 rings (SSSR count). The first-order valence-corrected chi connectivity index (χ1v) is 22.2. The molecule has 5 unspecified atom stereocenters. The quantitative estimate of drug-likeness (QED) is 0.0748. The Bertz CT molecular complexity index is 1910. The molecule has 11 heteroatoms. The number of aromatic hydroxyl groups is 2. The van der Waals surface area contributed by atoms with Gasteiger partial charge in [-0.25, -0.2) is 0 Å². The number of allylic oxidation sites excluding steroid dienone is 2. The summed E-state index contributed by atoms with van der Waals surface area (Å²) in [5.74, 6) is 4.96. The van der Waals surface area contributed by atoms with Crippen LogP contribution in [-0.4, -0.2) is 72.8 Å². The highest BCUT2D eigenvalue weighted by molar-refractivity contribution is 5.97. The Kier molecular flexibility index (Phi) is 13.8. The number of hydrogen-bond donors (Lipinski definition) is 6. The molecule has 4 saturated carbocycles. The minimum atomic E-state index is -0.795. The molecular weight excluding hydrogens is 745 g/mol. The summed E-state index contributed by atoms with van der Waals surface area (Å²) in [5, 5.41) is 43.1. The summed E-state index contributed by atoms with van der Waals surface area (Å²) in [5.41, 5.74) is 0.972. The molecule has 5 aliphatic rings. The van der Waals surface area contributed by atoms with Gasteiger partial charge in [-0.2, -0.15) is 0 Å². The lowest BCUT2D eigenvalue weighted by molar-refractivity contribution is -0.152. The van der Waals surface area contributed by atoms with Crippen LogP contribution in [0.4, 0.5) is 5.69 Å². The van der Waals surface area contributed by atoms with Crippen molar-refractivity contribution in [1.82, 2.24) is 10.6 Å². The predicted octanol–water partition coefficient (Wildman–Crippen LogP) is 8.01. The minimum absolute atomic E-state index is 0.00541. The van der Waals surface area contributed by atoms with E-state index in [0.29, 0.717) is 55.4 Å². The van der Waals surface area contributed by atoms with E-state index in [0.717, 1.165) is 101 Å². The van der Waals surface area contributed by atoms with Crippen LogP contribution < -0.4 is 25.4 Å². The second-order valence-electron chi connectivity index (χ2n) is 18.1. The van der Waals surface area contributed by atoms with E-state index in [1.54, 1.807) is 20.2 Å². The summed E-state index contributed by atoms with van der Waals surface area (Å²) >= 11 is 0. The molecule has 2 aromatic rings. The van der Waals surface area contributed by atoms with Gasteiger partial charge in [0.1, 0.15) is 5.60 Å². The van der Waals surface area contributed by atoms with Gasteiger partial charge in [0.25, 0.3) is 0 Å². The van der Waals surface area contributed by atoms with Gasteiger partial charge in [0, 0.05) is 37.9 Å². The maximum absolute atomic E-state index is 14.7. The highest BCUT2D eigenvalue weighted by atomic mass is 16.6. The normalized spacial score (nSPS) is 28.4. The number of carbonyl (C=O) groups excluding carboxylic acids is 1. The average molecular weight is 811 g/mol. The third-order valence-electron chi connectivity index (χ3n) is 14.3. The van der Waals surface area contributed by atoms with Crippen LogP contribution in [0.25, 0.3) is 0 Å². The second-order valence-corrected chi connectivity index (χ2v) is 18.1. The van der Waals surface area contributed by atoms with E-state index in [1.165, 1.54) is 6.42 Å². The van der Waals surface area contributed by atoms with Gasteiger partial charge in [0.15, 0.2) is 35.1 Å². The number of anilines is 1. The Labute approximate surface area is 350 Å². The van der Waals surface area contributed by atoms with Crippen molar-refractivity contribution in [3.05, 3.63) is 53.6 Å². The Morgan fingerprint density at radius 2 is 1.80 bits per heavy atom. The topological polar surface area (TPSA) is 154 Å². The van der Waals surface area contributed by atoms with Crippen molar-refractivity contribution in [3.8, 4) is 35.0 Å². The molecule has 0 saturated heterocycles. The molecule has 59 heavy (non-hydrogen) atoms. The number of aliphatic hydroxyl groups excluding tert-OH is 1. The van der Waals surface area contributed by atoms with E-state index in [2.05, 4.69) is 39.0 Å². The van der Waals surface area contributed by atoms with Gasteiger partial charge in [-0.1, -0.05) is 56.6 Å². The maximum Gasteiger partial charge on any atom is 0.207 e. The van der Waals surface area contributed by atoms with Crippen LogP contribution in [0.5, 0.6) is 23.0 Å². The van der Waals surface area contributed by atoms with Crippen molar-refractivity contribution < 1.29 is 34.3 Å². The highest BCUT2D eigenvalue weighted by Crippen LogP contribution is 2.52. The number of carbonyl (C=O) groups is 1. The van der Waals surface area contributed by atoms with Gasteiger partial charge in [0.2, 0.25) is 5.96 Å². The van der Waals surface area contributed by atoms with Gasteiger partial charge in [-0.05, 0) is 136 Å². The van der Waals surface area contributed by atoms with Crippen molar-refractivity contribution in [2.75, 3.05) is 33.1 Å². The van der Waals surface area contributed by atoms with E-state index in [4.69, 9.17) is 14.2 Å². The number of likely N-dealkylation sites (N-methyl/N-ethyl adjacent to an activating group) is 1. The van der Waals surface area contributed by atoms with Crippen molar-refractivity contribution >= 4 is 17.4 Å². The average Bonchev–Trinajstić information content (AvgIpc) is 3.98. The molecule has 0 aromatic heterocycles. The first-order chi connectivity index (χ1) is 28.6. The molecular formula is C48H66N4O7. The van der Waals surface area contributed by atoms with E-state index in [1.807, 2.05) is 37.4 Å². The van der Waals surface area contributed by atoms with Crippen LogP contribution in [0.1, 0.15) is 127 Å². The van der Waals surface area contributed by atoms with E-state index in [-0.39, 0.29) is 40.6 Å². The van der Waals surface area contributed by atoms with Gasteiger partial charge in [-0.3, -0.25) is 15.1 Å². The standard InChI is InChI=1S/C48H66N4O7/c1-49-32-47(24-19-34(30-47)27-43(55)58-37-14-5-4-6-15-37)59-41-29-36-28-38(44(41)56)52-45(50-2)51-25-11-13-35-12-9-23-48(35,31-33-17-18-39(53)40(26-33)57-3)42(54)16-10-22-46(36)20-7-8-21-46/h10,16-18,26,28-29,34-35,37,43,49,53,55-56H,4-9,12-15,19-24,27,30-32H2,1-3H3,(H2,50,51,52). The largest absolute Gasteiger partial charge is 0.504 e. The molecule has 11 nitrogen and oxygen atoms in total. The fourth-order valence-electron chi connectivity index (χ4n) is 11.1. The zero-order valence-corrected chi connectivity index (χ0v) is 35.4. The summed E-state index contributed by atoms with van der Waals surface area (Å²) in [6.45, 7) is 0.587. The van der Waals surface area contributed by atoms with Crippen LogP contribution >= 0.6 is 0 Å². The number of guanidine groups is 1. The number of nitrogens with zero attached hydrogens (tertiary/aromatic N) is 1. The van der Waals surface area contributed by atoms with Crippen molar-refractivity contribution in [2.24, 2.45) is 22.2 Å². The molecule has 1 heterocycles. The number of methoxy groups -OCH3 is 1. The lowest BCUT2D eigenvalue weighted by atomic mass is 9.68. The van der Waals surface area contributed by atoms with Gasteiger partial charge >= 0.3 is 0 Å². The minimum Gasteiger partial charge on any atom is -0.504 e. The number of phenols is 2. The van der Waals surface area contributed by atoms with Gasteiger partial charge < -0.3 is 40.2 Å². The van der Waals surface area contributed by atoms with Crippen LogP contribution in [0.2, 0.25) is 0 Å². The molecule has 320 valence electrons. The first-order valence-electron chi connectivity index (χ1n) is 22.2. The zero-order chi connectivity index (χ0) is 41.5. The first kappa shape index (κ1) is 42.9. The van der Waals surface area contributed by atoms with Gasteiger partial charge in [0.05, 0.1) is 18.9 Å². The predicted molar refractivity (Wildman–Crippen MR) is 231 cm³/mol. The fourth-order valence-corrected chi connectivity index (χ4v) is 11.1. The molecule has 6 N–H and O–H groups in total. The Morgan fingerprint density at radius 3 is 2.56 bits per heavy atom. The van der Waals surface area contributed by atoms with E-state index in [9.17, 15) is 20.1 Å². The third-order valence-corrected chi connectivity index (χ3v) is 14.3. The van der Waals surface area contributed by atoms with Crippen LogP contribution in [0.3, 0.4) is 0 Å². The molecule has 0 amide bonds. The van der Waals surface area contributed by atoms with Crippen molar-refractivity contribution in [3.63, 3.8) is 0 Å². The Balaban J connectivity index is 1.20. The lowest BCUT2D eigenvalue weighted by Crippen LogP contribution is -2.43. The van der Waals surface area contributed by atoms with Crippen LogP contribution in [0, 0.1) is 29.2 Å². The molecule has 5 atom stereocenters. The van der Waals surface area contributed by atoms with Crippen LogP contribution in [0.15, 0.2) is 47.5 Å². The number of phenolic OH excluding ortho intramolecular Hbond substituents is 2. The number of hydrogen-bond acceptors (Lipinski definition) is 9. The molecule has 1 spiro atoms. The molecule has 4 aliphatic carbocycles. The summed E-state index contributed by atoms with van der Waals surface area (Å²) in [4.78, 5) is 19.1. The number of ether oxygens (including phenoxy) is 3. The van der Waals surface area contributed by atoms with E-state index < -0.39 is 17.3 Å². The number of aliphatic hydroxyl groups is 1. The number of benzene rings is 2. The molecule has 2 bridgehead atoms. The number of aliphatic imine (C=N–C) groups is 1. The summed E-state index contributed by atoms with van der Waals surface area (Å²) in [6.07, 6.45) is 20.1.